The molecule has 0 aliphatic carbocycles. The minimum atomic E-state index is -0.531. The van der Waals surface area contributed by atoms with Gasteiger partial charge in [-0.1, -0.05) is 66.2 Å². The number of nitrogens with one attached hydrogen (secondary N) is 2. The third-order valence-electron chi connectivity index (χ3n) is 5.93. The third-order valence-corrected chi connectivity index (χ3v) is 6.18. The van der Waals surface area contributed by atoms with E-state index in [0.29, 0.717) is 30.3 Å². The van der Waals surface area contributed by atoms with Crippen molar-refractivity contribution in [2.75, 3.05) is 5.32 Å². The van der Waals surface area contributed by atoms with Crippen LogP contribution in [-0.4, -0.2) is 27.6 Å². The van der Waals surface area contributed by atoms with Gasteiger partial charge in [-0.3, -0.25) is 4.98 Å². The summed E-state index contributed by atoms with van der Waals surface area (Å²) in [6.45, 7) is 6.72. The van der Waals surface area contributed by atoms with Gasteiger partial charge in [0, 0.05) is 42.7 Å². The number of ether oxygens (including phenoxy) is 1. The fraction of sp³-hybridized carbons (Fsp3) is 0.219. The molecule has 0 spiro atoms. The smallest absolute Gasteiger partial charge is 0.407 e. The quantitative estimate of drug-likeness (QED) is 0.233. The van der Waals surface area contributed by atoms with Gasteiger partial charge in [0.1, 0.15) is 5.60 Å². The van der Waals surface area contributed by atoms with Crippen LogP contribution in [-0.2, 0) is 24.4 Å². The number of pyridine rings is 1. The second-order valence-corrected chi connectivity index (χ2v) is 10.8. The number of rotatable bonds is 8. The van der Waals surface area contributed by atoms with E-state index in [1.54, 1.807) is 41.6 Å². The van der Waals surface area contributed by atoms with Crippen LogP contribution in [0.4, 0.5) is 15.3 Å². The van der Waals surface area contributed by atoms with Crippen LogP contribution in [0, 0.1) is 0 Å². The summed E-state index contributed by atoms with van der Waals surface area (Å²) in [5.74, 6) is 0. The molecule has 1 aromatic heterocycles. The average molecular weight is 557 g/mol. The number of nitrogens with zero attached hydrogens (tertiary/aromatic N) is 2. The minimum Gasteiger partial charge on any atom is -0.444 e. The van der Waals surface area contributed by atoms with Gasteiger partial charge in [0.15, 0.2) is 0 Å². The predicted octanol–water partition coefficient (Wildman–Crippen LogP) is 7.66. The Morgan fingerprint density at radius 3 is 2.00 bits per heavy atom. The number of hydrogen-bond donors (Lipinski definition) is 2. The van der Waals surface area contributed by atoms with Gasteiger partial charge in [-0.2, -0.15) is 0 Å². The molecule has 0 bridgehead atoms. The standard InChI is InChI=1S/C32H33ClN4O3/c1-32(2,3)40-31(39)35-20-23-6-10-26(11-7-23)27-12-8-24(9-13-27)21-37(22-25-5-4-18-34-19-25)30(38)36-29-16-14-28(33)15-17-29/h4-19H,20-22H2,1-3H3,(H,35,39)(H,36,38). The Kier molecular flexibility index (Phi) is 9.40. The molecule has 0 saturated carbocycles. The van der Waals surface area contributed by atoms with Crippen molar-refractivity contribution in [3.05, 3.63) is 119 Å². The van der Waals surface area contributed by atoms with E-state index in [4.69, 9.17) is 16.3 Å². The topological polar surface area (TPSA) is 83.6 Å². The Morgan fingerprint density at radius 1 is 0.825 bits per heavy atom. The monoisotopic (exact) mass is 556 g/mol. The highest BCUT2D eigenvalue weighted by Gasteiger charge is 2.17. The molecule has 2 N–H and O–H groups in total. The lowest BCUT2D eigenvalue weighted by atomic mass is 10.0. The van der Waals surface area contributed by atoms with Crippen molar-refractivity contribution in [1.82, 2.24) is 15.2 Å². The van der Waals surface area contributed by atoms with Crippen molar-refractivity contribution in [2.24, 2.45) is 0 Å². The number of benzene rings is 3. The first-order valence-electron chi connectivity index (χ1n) is 13.0. The zero-order valence-corrected chi connectivity index (χ0v) is 23.6. The molecule has 3 aromatic carbocycles. The van der Waals surface area contributed by atoms with Gasteiger partial charge in [-0.25, -0.2) is 9.59 Å². The van der Waals surface area contributed by atoms with E-state index in [1.807, 2.05) is 81.4 Å². The summed E-state index contributed by atoms with van der Waals surface area (Å²) in [6.07, 6.45) is 3.04. The number of carbonyl (C=O) groups excluding carboxylic acids is 2. The summed E-state index contributed by atoms with van der Waals surface area (Å²) >= 11 is 5.98. The molecule has 4 rings (SSSR count). The fourth-order valence-electron chi connectivity index (χ4n) is 3.97. The lowest BCUT2D eigenvalue weighted by molar-refractivity contribution is 0.0523. The van der Waals surface area contributed by atoms with Crippen LogP contribution in [0.2, 0.25) is 5.02 Å². The third kappa shape index (κ3) is 8.85. The summed E-state index contributed by atoms with van der Waals surface area (Å²) in [4.78, 5) is 31.1. The molecule has 1 heterocycles. The first kappa shape index (κ1) is 28.6. The van der Waals surface area contributed by atoms with Crippen molar-refractivity contribution in [3.63, 3.8) is 0 Å². The van der Waals surface area contributed by atoms with Crippen molar-refractivity contribution in [2.45, 2.75) is 46.0 Å². The zero-order chi connectivity index (χ0) is 28.5. The van der Waals surface area contributed by atoms with Gasteiger partial charge in [0.2, 0.25) is 0 Å². The number of anilines is 1. The molecule has 0 aliphatic heterocycles. The van der Waals surface area contributed by atoms with E-state index in [1.165, 1.54) is 0 Å². The Labute approximate surface area is 240 Å². The van der Waals surface area contributed by atoms with Gasteiger partial charge in [-0.15, -0.1) is 0 Å². The molecule has 0 saturated heterocycles. The number of alkyl carbamates (subject to hydrolysis) is 1. The Hall–Kier alpha value is -4.36. The molecule has 0 radical (unpaired) electrons. The number of amides is 3. The van der Waals surface area contributed by atoms with E-state index >= 15 is 0 Å². The van der Waals surface area contributed by atoms with E-state index in [-0.39, 0.29) is 6.03 Å². The van der Waals surface area contributed by atoms with Crippen LogP contribution in [0.5, 0.6) is 0 Å². The first-order chi connectivity index (χ1) is 19.1. The number of carbonyl (C=O) groups is 2. The minimum absolute atomic E-state index is 0.217. The van der Waals surface area contributed by atoms with Gasteiger partial charge >= 0.3 is 12.1 Å². The Morgan fingerprint density at radius 2 is 1.43 bits per heavy atom. The van der Waals surface area contributed by atoms with E-state index in [0.717, 1.165) is 27.8 Å². The number of hydrogen-bond acceptors (Lipinski definition) is 4. The summed E-state index contributed by atoms with van der Waals surface area (Å²) < 4.78 is 5.29. The lowest BCUT2D eigenvalue weighted by Gasteiger charge is -2.23. The second-order valence-electron chi connectivity index (χ2n) is 10.4. The maximum Gasteiger partial charge on any atom is 0.407 e. The fourth-order valence-corrected chi connectivity index (χ4v) is 4.10. The first-order valence-corrected chi connectivity index (χ1v) is 13.4. The van der Waals surface area contributed by atoms with Crippen LogP contribution in [0.15, 0.2) is 97.3 Å². The molecular formula is C32H33ClN4O3. The average Bonchev–Trinajstić information content (AvgIpc) is 2.93. The van der Waals surface area contributed by atoms with Crippen LogP contribution in [0.25, 0.3) is 11.1 Å². The highest BCUT2D eigenvalue weighted by atomic mass is 35.5. The molecule has 7 nitrogen and oxygen atoms in total. The predicted molar refractivity (Wildman–Crippen MR) is 159 cm³/mol. The highest BCUT2D eigenvalue weighted by molar-refractivity contribution is 6.30. The molecule has 206 valence electrons. The molecule has 0 aliphatic rings. The normalized spacial score (nSPS) is 11.0. The van der Waals surface area contributed by atoms with Crippen LogP contribution >= 0.6 is 11.6 Å². The van der Waals surface area contributed by atoms with Crippen LogP contribution in [0.3, 0.4) is 0 Å². The molecule has 8 heteroatoms. The molecule has 0 fully saturated rings. The summed E-state index contributed by atoms with van der Waals surface area (Å²) in [5.41, 5.74) is 5.16. The number of halogens is 1. The Balaban J connectivity index is 1.41. The number of urea groups is 1. The summed E-state index contributed by atoms with van der Waals surface area (Å²) in [7, 11) is 0. The number of aromatic nitrogens is 1. The van der Waals surface area contributed by atoms with Gasteiger partial charge in [0.25, 0.3) is 0 Å². The molecule has 4 aromatic rings. The van der Waals surface area contributed by atoms with Crippen molar-refractivity contribution in [1.29, 1.82) is 0 Å². The van der Waals surface area contributed by atoms with Crippen LogP contribution in [0.1, 0.15) is 37.5 Å². The lowest BCUT2D eigenvalue weighted by Crippen LogP contribution is -2.34. The van der Waals surface area contributed by atoms with Gasteiger partial charge in [0.05, 0.1) is 0 Å². The largest absolute Gasteiger partial charge is 0.444 e. The maximum atomic E-state index is 13.2. The van der Waals surface area contributed by atoms with Crippen LogP contribution < -0.4 is 10.6 Å². The molecule has 0 atom stereocenters. The zero-order valence-electron chi connectivity index (χ0n) is 22.9. The Bertz CT molecular complexity index is 1400. The molecular weight excluding hydrogens is 524 g/mol. The summed E-state index contributed by atoms with van der Waals surface area (Å²) in [5, 5.41) is 6.34. The maximum absolute atomic E-state index is 13.2. The summed E-state index contributed by atoms with van der Waals surface area (Å²) in [6, 6.07) is 26.8. The van der Waals surface area contributed by atoms with E-state index < -0.39 is 11.7 Å². The SMILES string of the molecule is CC(C)(C)OC(=O)NCc1ccc(-c2ccc(CN(Cc3cccnc3)C(=O)Nc3ccc(Cl)cc3)cc2)cc1. The second kappa shape index (κ2) is 13.1. The molecule has 0 unspecified atom stereocenters. The molecule has 40 heavy (non-hydrogen) atoms. The van der Waals surface area contributed by atoms with Crippen molar-refractivity contribution >= 4 is 29.4 Å². The highest BCUT2D eigenvalue weighted by Crippen LogP contribution is 2.22. The van der Waals surface area contributed by atoms with Gasteiger partial charge < -0.3 is 20.3 Å². The molecule has 3 amide bonds. The van der Waals surface area contributed by atoms with E-state index in [9.17, 15) is 9.59 Å². The van der Waals surface area contributed by atoms with Crippen molar-refractivity contribution in [3.8, 4) is 11.1 Å². The van der Waals surface area contributed by atoms with Crippen molar-refractivity contribution < 1.29 is 14.3 Å². The van der Waals surface area contributed by atoms with Gasteiger partial charge in [-0.05, 0) is 78.9 Å². The van der Waals surface area contributed by atoms with E-state index in [2.05, 4.69) is 15.6 Å².